The fourth-order valence-electron chi connectivity index (χ4n) is 2.04. The zero-order chi connectivity index (χ0) is 13.6. The number of carbonyl (C=O) groups excluding carboxylic acids is 1. The van der Waals surface area contributed by atoms with E-state index in [1.165, 1.54) is 10.4 Å². The maximum atomic E-state index is 12.0. The lowest BCUT2D eigenvalue weighted by molar-refractivity contribution is -0.110. The van der Waals surface area contributed by atoms with Crippen LogP contribution in [-0.2, 0) is 4.79 Å². The molecule has 3 heterocycles. The number of hydrogen-bond donors (Lipinski definition) is 2. The lowest BCUT2D eigenvalue weighted by atomic mass is 10.1. The number of aromatic nitrogens is 1. The van der Waals surface area contributed by atoms with Crippen LogP contribution in [0.15, 0.2) is 18.3 Å². The SMILES string of the molecule is Cc1cc(C=C2C(=O)Nc3ncc(N)cc32)sc1C. The van der Waals surface area contributed by atoms with E-state index >= 15 is 0 Å². The highest BCUT2D eigenvalue weighted by Crippen LogP contribution is 2.34. The van der Waals surface area contributed by atoms with Crippen LogP contribution in [0.1, 0.15) is 20.9 Å². The molecular formula is C14H13N3OS. The summed E-state index contributed by atoms with van der Waals surface area (Å²) in [7, 11) is 0. The van der Waals surface area contributed by atoms with Gasteiger partial charge in [0.15, 0.2) is 0 Å². The number of nitrogens with one attached hydrogen (secondary N) is 1. The number of carbonyl (C=O) groups is 1. The minimum Gasteiger partial charge on any atom is -0.397 e. The Morgan fingerprint density at radius 3 is 2.84 bits per heavy atom. The molecule has 0 aliphatic carbocycles. The van der Waals surface area contributed by atoms with E-state index in [1.807, 2.05) is 6.08 Å². The van der Waals surface area contributed by atoms with E-state index in [0.29, 0.717) is 17.1 Å². The molecule has 0 unspecified atom stereocenters. The first-order valence-electron chi connectivity index (χ1n) is 5.90. The zero-order valence-corrected chi connectivity index (χ0v) is 11.5. The lowest BCUT2D eigenvalue weighted by Gasteiger charge is -1.98. The van der Waals surface area contributed by atoms with E-state index in [2.05, 4.69) is 30.2 Å². The third-order valence-electron chi connectivity index (χ3n) is 3.15. The zero-order valence-electron chi connectivity index (χ0n) is 10.7. The Morgan fingerprint density at radius 1 is 1.37 bits per heavy atom. The van der Waals surface area contributed by atoms with Crippen molar-refractivity contribution in [1.82, 2.24) is 4.98 Å². The number of rotatable bonds is 1. The highest BCUT2D eigenvalue weighted by atomic mass is 32.1. The van der Waals surface area contributed by atoms with E-state index in [-0.39, 0.29) is 5.91 Å². The number of nitrogens with zero attached hydrogens (tertiary/aromatic N) is 1. The van der Waals surface area contributed by atoms with Crippen LogP contribution in [0.2, 0.25) is 0 Å². The predicted octanol–water partition coefficient (Wildman–Crippen LogP) is 2.83. The van der Waals surface area contributed by atoms with Crippen molar-refractivity contribution in [2.24, 2.45) is 0 Å². The third kappa shape index (κ3) is 2.02. The fourth-order valence-corrected chi connectivity index (χ4v) is 3.03. The Hall–Kier alpha value is -2.14. The van der Waals surface area contributed by atoms with Crippen LogP contribution < -0.4 is 11.1 Å². The van der Waals surface area contributed by atoms with Crippen LogP contribution in [0.25, 0.3) is 11.6 Å². The van der Waals surface area contributed by atoms with Crippen molar-refractivity contribution in [2.75, 3.05) is 11.1 Å². The minimum absolute atomic E-state index is 0.128. The van der Waals surface area contributed by atoms with Gasteiger partial charge in [-0.15, -0.1) is 11.3 Å². The molecule has 0 spiro atoms. The highest BCUT2D eigenvalue weighted by molar-refractivity contribution is 7.13. The number of pyridine rings is 1. The Labute approximate surface area is 115 Å². The molecule has 0 saturated heterocycles. The molecule has 0 saturated carbocycles. The number of thiophene rings is 1. The second kappa shape index (κ2) is 4.20. The smallest absolute Gasteiger partial charge is 0.257 e. The first kappa shape index (κ1) is 11.9. The average molecular weight is 271 g/mol. The van der Waals surface area contributed by atoms with Gasteiger partial charge in [0.25, 0.3) is 5.91 Å². The van der Waals surface area contributed by atoms with Crippen molar-refractivity contribution in [3.8, 4) is 0 Å². The molecule has 0 aromatic carbocycles. The molecule has 4 nitrogen and oxygen atoms in total. The van der Waals surface area contributed by atoms with Crippen molar-refractivity contribution < 1.29 is 4.79 Å². The molecule has 1 aliphatic heterocycles. The first-order valence-corrected chi connectivity index (χ1v) is 6.72. The summed E-state index contributed by atoms with van der Waals surface area (Å²) < 4.78 is 0. The normalized spacial score (nSPS) is 15.7. The summed E-state index contributed by atoms with van der Waals surface area (Å²) in [5.41, 5.74) is 8.92. The molecule has 1 aliphatic rings. The van der Waals surface area contributed by atoms with Crippen LogP contribution >= 0.6 is 11.3 Å². The maximum absolute atomic E-state index is 12.0. The largest absolute Gasteiger partial charge is 0.397 e. The molecule has 0 radical (unpaired) electrons. The van der Waals surface area contributed by atoms with Gasteiger partial charge in [-0.2, -0.15) is 0 Å². The van der Waals surface area contributed by atoms with E-state index in [0.717, 1.165) is 10.4 Å². The van der Waals surface area contributed by atoms with Crippen LogP contribution in [0.5, 0.6) is 0 Å². The number of nitrogen functional groups attached to an aromatic ring is 1. The van der Waals surface area contributed by atoms with E-state index in [4.69, 9.17) is 5.73 Å². The molecule has 5 heteroatoms. The summed E-state index contributed by atoms with van der Waals surface area (Å²) in [4.78, 5) is 18.4. The van der Waals surface area contributed by atoms with Crippen molar-refractivity contribution in [3.05, 3.63) is 39.2 Å². The van der Waals surface area contributed by atoms with Crippen LogP contribution in [0.4, 0.5) is 11.5 Å². The van der Waals surface area contributed by atoms with Gasteiger partial charge in [-0.05, 0) is 37.6 Å². The maximum Gasteiger partial charge on any atom is 0.257 e. The van der Waals surface area contributed by atoms with Gasteiger partial charge in [-0.3, -0.25) is 4.79 Å². The van der Waals surface area contributed by atoms with Gasteiger partial charge in [0.2, 0.25) is 0 Å². The van der Waals surface area contributed by atoms with E-state index < -0.39 is 0 Å². The fraction of sp³-hybridized carbons (Fsp3) is 0.143. The third-order valence-corrected chi connectivity index (χ3v) is 4.25. The summed E-state index contributed by atoms with van der Waals surface area (Å²) >= 11 is 1.67. The minimum atomic E-state index is -0.128. The van der Waals surface area contributed by atoms with Crippen LogP contribution in [0, 0.1) is 13.8 Å². The monoisotopic (exact) mass is 271 g/mol. The number of aryl methyl sites for hydroxylation is 2. The molecule has 3 rings (SSSR count). The molecule has 0 bridgehead atoms. The van der Waals surface area contributed by atoms with Crippen molar-refractivity contribution in [2.45, 2.75) is 13.8 Å². The van der Waals surface area contributed by atoms with Gasteiger partial charge in [0.1, 0.15) is 5.82 Å². The topological polar surface area (TPSA) is 68.0 Å². The van der Waals surface area contributed by atoms with Crippen LogP contribution in [0.3, 0.4) is 0 Å². The number of anilines is 2. The first-order chi connectivity index (χ1) is 9.04. The average Bonchev–Trinajstić information content (AvgIpc) is 2.82. The molecule has 19 heavy (non-hydrogen) atoms. The number of fused-ring (bicyclic) bond motifs is 1. The number of amides is 1. The second-order valence-electron chi connectivity index (χ2n) is 4.56. The standard InChI is InChI=1S/C14H13N3OS/c1-7-3-10(19-8(7)2)5-12-11-4-9(15)6-16-13(11)17-14(12)18/h3-6H,15H2,1-2H3,(H,16,17,18). The van der Waals surface area contributed by atoms with E-state index in [1.54, 1.807) is 23.6 Å². The molecule has 0 fully saturated rings. The van der Waals surface area contributed by atoms with Gasteiger partial charge in [-0.25, -0.2) is 4.98 Å². The molecule has 2 aromatic heterocycles. The van der Waals surface area contributed by atoms with Crippen LogP contribution in [-0.4, -0.2) is 10.9 Å². The summed E-state index contributed by atoms with van der Waals surface area (Å²) in [6.45, 7) is 4.14. The summed E-state index contributed by atoms with van der Waals surface area (Å²) in [6.07, 6.45) is 3.44. The Morgan fingerprint density at radius 2 is 2.16 bits per heavy atom. The van der Waals surface area contributed by atoms with Gasteiger partial charge >= 0.3 is 0 Å². The molecular weight excluding hydrogens is 258 g/mol. The van der Waals surface area contributed by atoms with Gasteiger partial charge < -0.3 is 11.1 Å². The van der Waals surface area contributed by atoms with Gasteiger partial charge in [0, 0.05) is 15.3 Å². The van der Waals surface area contributed by atoms with Crippen molar-refractivity contribution >= 4 is 40.4 Å². The molecule has 2 aromatic rings. The molecule has 96 valence electrons. The quantitative estimate of drug-likeness (QED) is 0.784. The van der Waals surface area contributed by atoms with Gasteiger partial charge in [-0.1, -0.05) is 0 Å². The van der Waals surface area contributed by atoms with Crippen molar-refractivity contribution in [1.29, 1.82) is 0 Å². The van der Waals surface area contributed by atoms with Crippen molar-refractivity contribution in [3.63, 3.8) is 0 Å². The Kier molecular flexibility index (Phi) is 2.64. The molecule has 0 atom stereocenters. The molecule has 3 N–H and O–H groups in total. The Bertz CT molecular complexity index is 696. The summed E-state index contributed by atoms with van der Waals surface area (Å²) in [6, 6.07) is 3.86. The number of nitrogens with two attached hydrogens (primary N) is 1. The Balaban J connectivity index is 2.11. The highest BCUT2D eigenvalue weighted by Gasteiger charge is 2.25. The van der Waals surface area contributed by atoms with Gasteiger partial charge in [0.05, 0.1) is 17.5 Å². The predicted molar refractivity (Wildman–Crippen MR) is 78.9 cm³/mol. The second-order valence-corrected chi connectivity index (χ2v) is 5.85. The summed E-state index contributed by atoms with van der Waals surface area (Å²) in [5, 5.41) is 2.75. The summed E-state index contributed by atoms with van der Waals surface area (Å²) in [5.74, 6) is 0.451. The number of hydrogen-bond acceptors (Lipinski definition) is 4. The molecule has 1 amide bonds. The van der Waals surface area contributed by atoms with E-state index in [9.17, 15) is 4.79 Å². The lowest BCUT2D eigenvalue weighted by Crippen LogP contribution is -2.04.